The van der Waals surface area contributed by atoms with Crippen molar-refractivity contribution < 1.29 is 5.11 Å². The molecule has 0 aliphatic carbocycles. The fourth-order valence-electron chi connectivity index (χ4n) is 1.54. The zero-order chi connectivity index (χ0) is 8.39. The Kier molecular flexibility index (Phi) is 2.11. The second-order valence-electron chi connectivity index (χ2n) is 3.15. The molecule has 2 rings (SSSR count). The summed E-state index contributed by atoms with van der Waals surface area (Å²) in [6.45, 7) is 2.17. The van der Waals surface area contributed by atoms with Crippen LogP contribution < -0.4 is 0 Å². The maximum Gasteiger partial charge on any atom is 0.0558 e. The molecule has 2 nitrogen and oxygen atoms in total. The average Bonchev–Trinajstić information content (AvgIpc) is 2.87. The molecule has 2 unspecified atom stereocenters. The molecule has 1 heterocycles. The zero-order valence-corrected chi connectivity index (χ0v) is 6.98. The average molecular weight is 163 g/mol. The number of benzene rings is 1. The Hall–Kier alpha value is -0.860. The van der Waals surface area contributed by atoms with Crippen molar-refractivity contribution in [3.8, 4) is 0 Å². The summed E-state index contributed by atoms with van der Waals surface area (Å²) in [5.41, 5.74) is 1.37. The van der Waals surface area contributed by atoms with Crippen LogP contribution in [0.4, 0.5) is 0 Å². The summed E-state index contributed by atoms with van der Waals surface area (Å²) in [6, 6.07) is 11.0. The van der Waals surface area contributed by atoms with Gasteiger partial charge in [0.05, 0.1) is 6.61 Å². The first-order valence-electron chi connectivity index (χ1n) is 4.31. The van der Waals surface area contributed by atoms with E-state index in [-0.39, 0.29) is 6.61 Å². The lowest BCUT2D eigenvalue weighted by Gasteiger charge is -2.00. The van der Waals surface area contributed by atoms with Crippen molar-refractivity contribution in [1.29, 1.82) is 0 Å². The van der Waals surface area contributed by atoms with Gasteiger partial charge in [-0.3, -0.25) is 4.90 Å². The number of nitrogens with zero attached hydrogens (tertiary/aromatic N) is 1. The van der Waals surface area contributed by atoms with Gasteiger partial charge in [-0.2, -0.15) is 0 Å². The van der Waals surface area contributed by atoms with Gasteiger partial charge in [-0.25, -0.2) is 0 Å². The molecule has 2 atom stereocenters. The summed E-state index contributed by atoms with van der Waals surface area (Å²) >= 11 is 0. The second kappa shape index (κ2) is 3.25. The quantitative estimate of drug-likeness (QED) is 0.673. The van der Waals surface area contributed by atoms with E-state index in [1.807, 2.05) is 6.07 Å². The SMILES string of the molecule is OCCN1CC1c1ccccc1. The van der Waals surface area contributed by atoms with E-state index in [0.29, 0.717) is 6.04 Å². The van der Waals surface area contributed by atoms with E-state index >= 15 is 0 Å². The Morgan fingerprint density at radius 2 is 2.08 bits per heavy atom. The van der Waals surface area contributed by atoms with Gasteiger partial charge >= 0.3 is 0 Å². The smallest absolute Gasteiger partial charge is 0.0558 e. The van der Waals surface area contributed by atoms with Crippen molar-refractivity contribution in [3.05, 3.63) is 35.9 Å². The van der Waals surface area contributed by atoms with Crippen molar-refractivity contribution >= 4 is 0 Å². The number of aliphatic hydroxyl groups excluding tert-OH is 1. The molecule has 1 aliphatic rings. The van der Waals surface area contributed by atoms with Crippen molar-refractivity contribution in [2.75, 3.05) is 19.7 Å². The highest BCUT2D eigenvalue weighted by atomic mass is 16.3. The van der Waals surface area contributed by atoms with E-state index in [2.05, 4.69) is 29.2 Å². The molecule has 1 aromatic rings. The predicted octanol–water partition coefficient (Wildman–Crippen LogP) is 1.04. The molecule has 64 valence electrons. The Morgan fingerprint density at radius 3 is 2.75 bits per heavy atom. The van der Waals surface area contributed by atoms with Crippen LogP contribution in [0.25, 0.3) is 0 Å². The summed E-state index contributed by atoms with van der Waals surface area (Å²) in [5.74, 6) is 0. The summed E-state index contributed by atoms with van der Waals surface area (Å²) in [7, 11) is 0. The Balaban J connectivity index is 1.97. The molecule has 0 radical (unpaired) electrons. The summed E-state index contributed by atoms with van der Waals surface area (Å²) in [4.78, 5) is 2.26. The van der Waals surface area contributed by atoms with Crippen molar-refractivity contribution in [2.24, 2.45) is 0 Å². The number of rotatable bonds is 3. The van der Waals surface area contributed by atoms with Crippen molar-refractivity contribution in [3.63, 3.8) is 0 Å². The van der Waals surface area contributed by atoms with Crippen LogP contribution in [-0.2, 0) is 0 Å². The van der Waals surface area contributed by atoms with Gasteiger partial charge in [0.25, 0.3) is 0 Å². The molecule has 0 bridgehead atoms. The lowest BCUT2D eigenvalue weighted by molar-refractivity contribution is 0.265. The minimum absolute atomic E-state index is 0.267. The molecule has 1 aliphatic heterocycles. The molecule has 0 amide bonds. The van der Waals surface area contributed by atoms with Gasteiger partial charge in [0.1, 0.15) is 0 Å². The summed E-state index contributed by atoms with van der Waals surface area (Å²) in [5, 5.41) is 8.70. The van der Waals surface area contributed by atoms with Crippen LogP contribution in [0.1, 0.15) is 11.6 Å². The molecule has 0 saturated carbocycles. The Bertz CT molecular complexity index is 247. The highest BCUT2D eigenvalue weighted by molar-refractivity contribution is 5.23. The van der Waals surface area contributed by atoms with Crippen molar-refractivity contribution in [2.45, 2.75) is 6.04 Å². The highest BCUT2D eigenvalue weighted by Crippen LogP contribution is 2.33. The molecule has 2 heteroatoms. The molecule has 1 N–H and O–H groups in total. The predicted molar refractivity (Wildman–Crippen MR) is 47.8 cm³/mol. The molecule has 12 heavy (non-hydrogen) atoms. The number of aliphatic hydroxyl groups is 1. The second-order valence-corrected chi connectivity index (χ2v) is 3.15. The maximum atomic E-state index is 8.70. The molecule has 1 fully saturated rings. The Morgan fingerprint density at radius 1 is 1.33 bits per heavy atom. The van der Waals surface area contributed by atoms with E-state index in [9.17, 15) is 0 Å². The third-order valence-electron chi connectivity index (χ3n) is 2.29. The van der Waals surface area contributed by atoms with Crippen LogP contribution in [0.3, 0.4) is 0 Å². The zero-order valence-electron chi connectivity index (χ0n) is 6.98. The first kappa shape index (κ1) is 7.77. The van der Waals surface area contributed by atoms with Crippen LogP contribution in [0.2, 0.25) is 0 Å². The number of hydrogen-bond acceptors (Lipinski definition) is 2. The van der Waals surface area contributed by atoms with Crippen LogP contribution in [-0.4, -0.2) is 29.7 Å². The third kappa shape index (κ3) is 1.49. The largest absolute Gasteiger partial charge is 0.395 e. The molecule has 1 aromatic carbocycles. The first-order chi connectivity index (χ1) is 5.92. The fraction of sp³-hybridized carbons (Fsp3) is 0.400. The molecular weight excluding hydrogens is 150 g/mol. The lowest BCUT2D eigenvalue weighted by Crippen LogP contribution is -2.04. The monoisotopic (exact) mass is 163 g/mol. The van der Waals surface area contributed by atoms with Gasteiger partial charge in [-0.15, -0.1) is 0 Å². The van der Waals surface area contributed by atoms with Crippen LogP contribution >= 0.6 is 0 Å². The van der Waals surface area contributed by atoms with E-state index < -0.39 is 0 Å². The van der Waals surface area contributed by atoms with Gasteiger partial charge < -0.3 is 5.11 Å². The fourth-order valence-corrected chi connectivity index (χ4v) is 1.54. The van der Waals surface area contributed by atoms with Gasteiger partial charge in [-0.05, 0) is 5.56 Å². The number of β-amino-alcohol motifs (C(OH)–C–C–N with tert-alkyl or cyclic N) is 1. The summed E-state index contributed by atoms with van der Waals surface area (Å²) in [6.07, 6.45) is 0. The van der Waals surface area contributed by atoms with E-state index in [0.717, 1.165) is 13.1 Å². The number of hydrogen-bond donors (Lipinski definition) is 1. The van der Waals surface area contributed by atoms with E-state index in [1.165, 1.54) is 5.56 Å². The standard InChI is InChI=1S/C10H13NO/c12-7-6-11-8-10(11)9-4-2-1-3-5-9/h1-5,10,12H,6-8H2. The van der Waals surface area contributed by atoms with Gasteiger partial charge in [0.15, 0.2) is 0 Å². The van der Waals surface area contributed by atoms with Crippen LogP contribution in [0.15, 0.2) is 30.3 Å². The maximum absolute atomic E-state index is 8.70. The van der Waals surface area contributed by atoms with Gasteiger partial charge in [0, 0.05) is 19.1 Å². The van der Waals surface area contributed by atoms with Gasteiger partial charge in [-0.1, -0.05) is 30.3 Å². The molecule has 0 aromatic heterocycles. The molecular formula is C10H13NO. The lowest BCUT2D eigenvalue weighted by atomic mass is 10.2. The third-order valence-corrected chi connectivity index (χ3v) is 2.29. The van der Waals surface area contributed by atoms with E-state index in [1.54, 1.807) is 0 Å². The topological polar surface area (TPSA) is 23.2 Å². The van der Waals surface area contributed by atoms with Crippen molar-refractivity contribution in [1.82, 2.24) is 4.90 Å². The molecule has 0 spiro atoms. The minimum atomic E-state index is 0.267. The summed E-state index contributed by atoms with van der Waals surface area (Å²) < 4.78 is 0. The first-order valence-corrected chi connectivity index (χ1v) is 4.31. The van der Waals surface area contributed by atoms with E-state index in [4.69, 9.17) is 5.11 Å². The molecule has 1 saturated heterocycles. The highest BCUT2D eigenvalue weighted by Gasteiger charge is 2.33. The van der Waals surface area contributed by atoms with Crippen LogP contribution in [0.5, 0.6) is 0 Å². The van der Waals surface area contributed by atoms with Crippen LogP contribution in [0, 0.1) is 0 Å². The van der Waals surface area contributed by atoms with Gasteiger partial charge in [0.2, 0.25) is 0 Å². The Labute approximate surface area is 72.4 Å². The normalized spacial score (nSPS) is 27.1. The minimum Gasteiger partial charge on any atom is -0.395 e.